The fraction of sp³-hybridized carbons (Fsp3) is 0.621. The summed E-state index contributed by atoms with van der Waals surface area (Å²) in [6.45, 7) is 15.2. The van der Waals surface area contributed by atoms with Gasteiger partial charge in [0.1, 0.15) is 6.04 Å². The van der Waals surface area contributed by atoms with Crippen LogP contribution in [0.1, 0.15) is 61.0 Å². The molecule has 8 heteroatoms. The molecule has 0 aromatic heterocycles. The topological polar surface area (TPSA) is 110 Å². The average molecular weight is 518 g/mol. The Morgan fingerprint density at radius 1 is 1.03 bits per heavy atom. The van der Waals surface area contributed by atoms with Gasteiger partial charge in [0.2, 0.25) is 11.8 Å². The standard InChI is InChI=1S/C29H47N3O5/c1-19(2)22(18-20(3)27(36)37)32(10)26(35)23(28(4,5)6)30-25(34)24(31(9)16-17-33)29(7,8)21-14-12-11-13-15-21/h11-15,18-19,22-24,33H,16-17H2,1-10H3,(H,30,34)(H,36,37)/t22-,23-,24-/m1/s1. The van der Waals surface area contributed by atoms with Crippen LogP contribution in [0, 0.1) is 11.3 Å². The van der Waals surface area contributed by atoms with Gasteiger partial charge in [-0.15, -0.1) is 0 Å². The van der Waals surface area contributed by atoms with E-state index in [-0.39, 0.29) is 36.5 Å². The molecule has 1 rings (SSSR count). The summed E-state index contributed by atoms with van der Waals surface area (Å²) in [5.41, 5.74) is -0.130. The van der Waals surface area contributed by atoms with Gasteiger partial charge in [-0.2, -0.15) is 0 Å². The van der Waals surface area contributed by atoms with Crippen LogP contribution in [0.5, 0.6) is 0 Å². The number of nitrogens with zero attached hydrogens (tertiary/aromatic N) is 2. The number of aliphatic hydroxyl groups is 1. The van der Waals surface area contributed by atoms with Gasteiger partial charge in [0.25, 0.3) is 0 Å². The van der Waals surface area contributed by atoms with E-state index in [9.17, 15) is 24.6 Å². The Morgan fingerprint density at radius 3 is 2.00 bits per heavy atom. The zero-order chi connectivity index (χ0) is 28.7. The minimum absolute atomic E-state index is 0.0416. The summed E-state index contributed by atoms with van der Waals surface area (Å²) in [6, 6.07) is 7.72. The first-order valence-corrected chi connectivity index (χ1v) is 12.8. The molecule has 0 aliphatic heterocycles. The molecule has 2 amide bonds. The summed E-state index contributed by atoms with van der Waals surface area (Å²) in [4.78, 5) is 42.6. The maximum Gasteiger partial charge on any atom is 0.331 e. The number of hydrogen-bond acceptors (Lipinski definition) is 5. The van der Waals surface area contributed by atoms with E-state index in [1.165, 1.54) is 11.8 Å². The lowest BCUT2D eigenvalue weighted by atomic mass is 9.76. The summed E-state index contributed by atoms with van der Waals surface area (Å²) in [5.74, 6) is -1.69. The molecule has 8 nitrogen and oxygen atoms in total. The maximum absolute atomic E-state index is 13.9. The van der Waals surface area contributed by atoms with Gasteiger partial charge in [-0.25, -0.2) is 4.79 Å². The van der Waals surface area contributed by atoms with Gasteiger partial charge in [-0.05, 0) is 30.9 Å². The molecule has 1 aromatic carbocycles. The molecule has 0 radical (unpaired) electrons. The monoisotopic (exact) mass is 517 g/mol. The maximum atomic E-state index is 13.9. The van der Waals surface area contributed by atoms with Gasteiger partial charge in [0.05, 0.1) is 18.7 Å². The molecule has 37 heavy (non-hydrogen) atoms. The average Bonchev–Trinajstić information content (AvgIpc) is 2.79. The van der Waals surface area contributed by atoms with Crippen molar-refractivity contribution in [2.75, 3.05) is 27.2 Å². The minimum atomic E-state index is -1.04. The number of benzene rings is 1. The van der Waals surface area contributed by atoms with Crippen LogP contribution in [-0.4, -0.2) is 83.2 Å². The molecule has 0 aliphatic carbocycles. The number of likely N-dealkylation sites (N-methyl/N-ethyl adjacent to an activating group) is 2. The Hall–Kier alpha value is -2.71. The molecule has 0 fully saturated rings. The summed E-state index contributed by atoms with van der Waals surface area (Å²) in [6.07, 6.45) is 1.59. The smallest absolute Gasteiger partial charge is 0.331 e. The Labute approximate surface area is 222 Å². The van der Waals surface area contributed by atoms with Crippen LogP contribution in [0.25, 0.3) is 0 Å². The zero-order valence-corrected chi connectivity index (χ0v) is 24.2. The van der Waals surface area contributed by atoms with Crippen molar-refractivity contribution in [3.05, 3.63) is 47.5 Å². The van der Waals surface area contributed by atoms with Crippen molar-refractivity contribution in [3.63, 3.8) is 0 Å². The Balaban J connectivity index is 3.45. The predicted octanol–water partition coefficient (Wildman–Crippen LogP) is 3.30. The molecule has 0 heterocycles. The molecule has 0 aliphatic rings. The van der Waals surface area contributed by atoms with E-state index in [0.29, 0.717) is 0 Å². The van der Waals surface area contributed by atoms with Crippen molar-refractivity contribution in [2.45, 2.75) is 78.9 Å². The highest BCUT2D eigenvalue weighted by Crippen LogP contribution is 2.31. The number of aliphatic hydroxyl groups excluding tert-OH is 1. The number of carbonyl (C=O) groups excluding carboxylic acids is 2. The second-order valence-corrected chi connectivity index (χ2v) is 11.8. The van der Waals surface area contributed by atoms with Crippen LogP contribution in [0.4, 0.5) is 0 Å². The third kappa shape index (κ3) is 8.40. The number of hydrogen-bond donors (Lipinski definition) is 3. The first kappa shape index (κ1) is 32.3. The highest BCUT2D eigenvalue weighted by Gasteiger charge is 2.43. The fourth-order valence-corrected chi connectivity index (χ4v) is 4.69. The first-order chi connectivity index (χ1) is 17.0. The van der Waals surface area contributed by atoms with Crippen molar-refractivity contribution in [1.82, 2.24) is 15.1 Å². The van der Waals surface area contributed by atoms with Crippen LogP contribution >= 0.6 is 0 Å². The van der Waals surface area contributed by atoms with E-state index < -0.39 is 34.9 Å². The number of nitrogens with one attached hydrogen (secondary N) is 1. The normalized spacial score (nSPS) is 15.3. The number of carboxylic acid groups (broad SMARTS) is 1. The SMILES string of the molecule is CC(=C[C@H](C(C)C)N(C)C(=O)[C@@H](NC(=O)[C@@H](N(C)CCO)C(C)(C)c1ccccc1)C(C)(C)C)C(=O)O. The molecule has 0 saturated heterocycles. The molecule has 0 saturated carbocycles. The van der Waals surface area contributed by atoms with E-state index in [4.69, 9.17) is 0 Å². The van der Waals surface area contributed by atoms with Gasteiger partial charge in [-0.1, -0.05) is 84.9 Å². The Kier molecular flexibility index (Phi) is 11.5. The lowest BCUT2D eigenvalue weighted by Gasteiger charge is -2.42. The quantitative estimate of drug-likeness (QED) is 0.367. The predicted molar refractivity (Wildman–Crippen MR) is 147 cm³/mol. The summed E-state index contributed by atoms with van der Waals surface area (Å²) < 4.78 is 0. The van der Waals surface area contributed by atoms with E-state index in [1.54, 1.807) is 20.2 Å². The molecule has 1 aromatic rings. The lowest BCUT2D eigenvalue weighted by Crippen LogP contribution is -2.62. The molecule has 3 atom stereocenters. The van der Waals surface area contributed by atoms with Crippen molar-refractivity contribution >= 4 is 17.8 Å². The molecular formula is C29H47N3O5. The van der Waals surface area contributed by atoms with Crippen LogP contribution in [0.3, 0.4) is 0 Å². The molecular weight excluding hydrogens is 470 g/mol. The highest BCUT2D eigenvalue weighted by molar-refractivity contribution is 5.91. The van der Waals surface area contributed by atoms with E-state index in [2.05, 4.69) is 5.32 Å². The van der Waals surface area contributed by atoms with Crippen LogP contribution < -0.4 is 5.32 Å². The van der Waals surface area contributed by atoms with Crippen LogP contribution in [-0.2, 0) is 19.8 Å². The van der Waals surface area contributed by atoms with Crippen molar-refractivity contribution in [2.24, 2.45) is 11.3 Å². The lowest BCUT2D eigenvalue weighted by molar-refractivity contribution is -0.142. The minimum Gasteiger partial charge on any atom is -0.478 e. The summed E-state index contributed by atoms with van der Waals surface area (Å²) in [7, 11) is 3.44. The zero-order valence-electron chi connectivity index (χ0n) is 24.2. The molecule has 3 N–H and O–H groups in total. The van der Waals surface area contributed by atoms with Crippen LogP contribution in [0.15, 0.2) is 42.0 Å². The van der Waals surface area contributed by atoms with E-state index in [1.807, 2.05) is 83.7 Å². The molecule has 0 spiro atoms. The second-order valence-electron chi connectivity index (χ2n) is 11.8. The van der Waals surface area contributed by atoms with Crippen molar-refractivity contribution in [1.29, 1.82) is 0 Å². The number of amides is 2. The number of aliphatic carboxylic acids is 1. The largest absolute Gasteiger partial charge is 0.478 e. The molecule has 208 valence electrons. The second kappa shape index (κ2) is 13.2. The van der Waals surface area contributed by atoms with Gasteiger partial charge >= 0.3 is 5.97 Å². The van der Waals surface area contributed by atoms with E-state index in [0.717, 1.165) is 5.56 Å². The molecule has 0 unspecified atom stereocenters. The number of rotatable bonds is 12. The Morgan fingerprint density at radius 2 is 1.57 bits per heavy atom. The van der Waals surface area contributed by atoms with Gasteiger partial charge in [0, 0.05) is 24.6 Å². The van der Waals surface area contributed by atoms with Crippen molar-refractivity contribution in [3.8, 4) is 0 Å². The summed E-state index contributed by atoms with van der Waals surface area (Å²) >= 11 is 0. The van der Waals surface area contributed by atoms with Gasteiger partial charge < -0.3 is 20.4 Å². The highest BCUT2D eigenvalue weighted by atomic mass is 16.4. The third-order valence-electron chi connectivity index (χ3n) is 6.98. The van der Waals surface area contributed by atoms with Gasteiger partial charge in [-0.3, -0.25) is 14.5 Å². The molecule has 0 bridgehead atoms. The van der Waals surface area contributed by atoms with E-state index >= 15 is 0 Å². The van der Waals surface area contributed by atoms with Crippen molar-refractivity contribution < 1.29 is 24.6 Å². The first-order valence-electron chi connectivity index (χ1n) is 12.8. The van der Waals surface area contributed by atoms with Crippen LogP contribution in [0.2, 0.25) is 0 Å². The van der Waals surface area contributed by atoms with Gasteiger partial charge in [0.15, 0.2) is 0 Å². The summed E-state index contributed by atoms with van der Waals surface area (Å²) in [5, 5.41) is 22.0. The number of carboxylic acids is 1. The number of carbonyl (C=O) groups is 3. The third-order valence-corrected chi connectivity index (χ3v) is 6.98. The Bertz CT molecular complexity index is 950. The fourth-order valence-electron chi connectivity index (χ4n) is 4.69.